The van der Waals surface area contributed by atoms with Crippen molar-refractivity contribution < 1.29 is 31.9 Å². The molecule has 2 saturated heterocycles. The van der Waals surface area contributed by atoms with E-state index in [-0.39, 0.29) is 29.1 Å². The monoisotopic (exact) mass is 534 g/mol. The fraction of sp³-hybridized carbons (Fsp3) is 0.560. The Morgan fingerprint density at radius 2 is 1.86 bits per heavy atom. The van der Waals surface area contributed by atoms with Crippen molar-refractivity contribution in [1.82, 2.24) is 19.6 Å². The Labute approximate surface area is 215 Å². The lowest BCUT2D eigenvalue weighted by Gasteiger charge is -2.35. The molecule has 1 aromatic heterocycles. The van der Waals surface area contributed by atoms with Crippen molar-refractivity contribution in [3.05, 3.63) is 35.3 Å². The summed E-state index contributed by atoms with van der Waals surface area (Å²) in [6.07, 6.45) is 0.912. The number of hydrogen-bond donors (Lipinski definition) is 0. The van der Waals surface area contributed by atoms with E-state index in [1.165, 1.54) is 12.1 Å². The van der Waals surface area contributed by atoms with Crippen LogP contribution in [0.25, 0.3) is 11.3 Å². The van der Waals surface area contributed by atoms with Gasteiger partial charge in [0.05, 0.1) is 35.6 Å². The highest BCUT2D eigenvalue weighted by molar-refractivity contribution is 7.90. The van der Waals surface area contributed by atoms with Gasteiger partial charge in [-0.15, -0.1) is 0 Å². The maximum absolute atomic E-state index is 14.1. The Bertz CT molecular complexity index is 1340. The molecule has 3 aliphatic rings. The molecule has 1 atom stereocenters. The predicted molar refractivity (Wildman–Crippen MR) is 131 cm³/mol. The van der Waals surface area contributed by atoms with Crippen molar-refractivity contribution in [2.45, 2.75) is 55.9 Å². The summed E-state index contributed by atoms with van der Waals surface area (Å²) in [6.45, 7) is 7.76. The van der Waals surface area contributed by atoms with Gasteiger partial charge in [0.15, 0.2) is 15.5 Å². The minimum atomic E-state index is -3.90. The number of fused-ring (bicyclic) bond motifs is 3. The molecular weight excluding hydrogens is 503 g/mol. The average Bonchev–Trinajstić information content (AvgIpc) is 3.22. The van der Waals surface area contributed by atoms with Gasteiger partial charge in [0.2, 0.25) is 0 Å². The Balaban J connectivity index is 1.60. The lowest BCUT2D eigenvalue weighted by atomic mass is 10.0. The van der Waals surface area contributed by atoms with E-state index >= 15 is 0 Å². The second kappa shape index (κ2) is 9.39. The first-order chi connectivity index (χ1) is 17.4. The molecule has 2 aromatic rings. The molecule has 4 heterocycles. The number of carbonyl (C=O) groups is 2. The number of aromatic nitrogens is 2. The topological polar surface area (TPSA) is 111 Å². The molecule has 0 bridgehead atoms. The number of piperidine rings is 1. The highest BCUT2D eigenvalue weighted by atomic mass is 32.2. The van der Waals surface area contributed by atoms with Crippen LogP contribution in [0.4, 0.5) is 9.18 Å². The molecule has 10 nitrogen and oxygen atoms in total. The first kappa shape index (κ1) is 25.7. The van der Waals surface area contributed by atoms with Crippen LogP contribution in [0.15, 0.2) is 23.1 Å². The molecule has 0 radical (unpaired) electrons. The zero-order valence-electron chi connectivity index (χ0n) is 21.2. The molecule has 2 amide bonds. The molecule has 3 aliphatic heterocycles. The van der Waals surface area contributed by atoms with E-state index in [1.54, 1.807) is 35.3 Å². The second-order valence-electron chi connectivity index (χ2n) is 10.6. The number of carbonyl (C=O) groups excluding carboxylic acids is 2. The molecule has 37 heavy (non-hydrogen) atoms. The van der Waals surface area contributed by atoms with Gasteiger partial charge in [0, 0.05) is 37.3 Å². The zero-order valence-corrected chi connectivity index (χ0v) is 22.0. The van der Waals surface area contributed by atoms with Crippen LogP contribution in [-0.4, -0.2) is 85.0 Å². The van der Waals surface area contributed by atoms with Gasteiger partial charge in [0.1, 0.15) is 11.4 Å². The average molecular weight is 535 g/mol. The minimum absolute atomic E-state index is 0.0739. The standard InChI is InChI=1S/C25H31FN4O6S/c1-25(2,3)36-24(32)29-8-4-5-17(14-29)30-22-18-7-6-16(26)13-20(18)37(33,34)15-19(22)21(27-30)23(31)28-9-11-35-12-10-28/h6-7,13,17H,4-5,8-12,14-15H2,1-3H3. The van der Waals surface area contributed by atoms with Crippen molar-refractivity contribution in [3.63, 3.8) is 0 Å². The van der Waals surface area contributed by atoms with Crippen LogP contribution in [0.1, 0.15) is 55.7 Å². The molecule has 0 saturated carbocycles. The van der Waals surface area contributed by atoms with E-state index < -0.39 is 33.1 Å². The Kier molecular flexibility index (Phi) is 6.51. The Hall–Kier alpha value is -2.99. The van der Waals surface area contributed by atoms with Crippen LogP contribution in [0.3, 0.4) is 0 Å². The van der Waals surface area contributed by atoms with Gasteiger partial charge >= 0.3 is 6.09 Å². The number of amides is 2. The zero-order chi connectivity index (χ0) is 26.5. The lowest BCUT2D eigenvalue weighted by Crippen LogP contribution is -2.43. The molecule has 0 spiro atoms. The number of hydrogen-bond acceptors (Lipinski definition) is 7. The van der Waals surface area contributed by atoms with Crippen LogP contribution in [0.2, 0.25) is 0 Å². The van der Waals surface area contributed by atoms with Crippen LogP contribution >= 0.6 is 0 Å². The second-order valence-corrected chi connectivity index (χ2v) is 12.6. The van der Waals surface area contributed by atoms with Crippen molar-refractivity contribution in [2.24, 2.45) is 0 Å². The van der Waals surface area contributed by atoms with Gasteiger partial charge < -0.3 is 19.3 Å². The lowest BCUT2D eigenvalue weighted by molar-refractivity contribution is 0.0166. The molecule has 5 rings (SSSR count). The Morgan fingerprint density at radius 1 is 1.14 bits per heavy atom. The van der Waals surface area contributed by atoms with E-state index in [0.29, 0.717) is 62.5 Å². The summed E-state index contributed by atoms with van der Waals surface area (Å²) in [4.78, 5) is 29.4. The maximum atomic E-state index is 14.1. The number of nitrogens with zero attached hydrogens (tertiary/aromatic N) is 4. The van der Waals surface area contributed by atoms with Crippen LogP contribution in [0.5, 0.6) is 0 Å². The van der Waals surface area contributed by atoms with E-state index in [2.05, 4.69) is 0 Å². The quantitative estimate of drug-likeness (QED) is 0.582. The molecule has 1 unspecified atom stereocenters. The van der Waals surface area contributed by atoms with Crippen LogP contribution in [0, 0.1) is 5.82 Å². The number of sulfone groups is 1. The van der Waals surface area contributed by atoms with Crippen LogP contribution < -0.4 is 0 Å². The van der Waals surface area contributed by atoms with Gasteiger partial charge in [-0.3, -0.25) is 9.48 Å². The van der Waals surface area contributed by atoms with Gasteiger partial charge in [0.25, 0.3) is 5.91 Å². The van der Waals surface area contributed by atoms with Crippen molar-refractivity contribution in [3.8, 4) is 11.3 Å². The molecule has 2 fully saturated rings. The third kappa shape index (κ3) is 4.96. The molecule has 0 N–H and O–H groups in total. The third-order valence-corrected chi connectivity index (χ3v) is 8.45. The number of ether oxygens (including phenoxy) is 2. The molecular formula is C25H31FN4O6S. The maximum Gasteiger partial charge on any atom is 0.410 e. The summed E-state index contributed by atoms with van der Waals surface area (Å²) < 4.78 is 53.1. The number of benzene rings is 1. The fourth-order valence-electron chi connectivity index (χ4n) is 5.11. The molecule has 12 heteroatoms. The van der Waals surface area contributed by atoms with E-state index in [1.807, 2.05) is 0 Å². The van der Waals surface area contributed by atoms with Gasteiger partial charge in [-0.1, -0.05) is 0 Å². The largest absolute Gasteiger partial charge is 0.444 e. The minimum Gasteiger partial charge on any atom is -0.444 e. The number of likely N-dealkylation sites (tertiary alicyclic amines) is 1. The third-order valence-electron chi connectivity index (χ3n) is 6.77. The number of halogens is 1. The SMILES string of the molecule is CC(C)(C)OC(=O)N1CCCC(n2nc(C(=O)N3CCOCC3)c3c2-c2ccc(F)cc2S(=O)(=O)C3)C1. The van der Waals surface area contributed by atoms with E-state index in [4.69, 9.17) is 14.6 Å². The summed E-state index contributed by atoms with van der Waals surface area (Å²) in [7, 11) is -3.90. The van der Waals surface area contributed by atoms with Gasteiger partial charge in [-0.2, -0.15) is 5.10 Å². The van der Waals surface area contributed by atoms with Gasteiger partial charge in [-0.25, -0.2) is 17.6 Å². The van der Waals surface area contributed by atoms with E-state index in [9.17, 15) is 22.4 Å². The van der Waals surface area contributed by atoms with Crippen molar-refractivity contribution in [2.75, 3.05) is 39.4 Å². The molecule has 200 valence electrons. The molecule has 0 aliphatic carbocycles. The first-order valence-electron chi connectivity index (χ1n) is 12.4. The summed E-state index contributed by atoms with van der Waals surface area (Å²) >= 11 is 0. The molecule has 1 aromatic carbocycles. The smallest absolute Gasteiger partial charge is 0.410 e. The summed E-state index contributed by atoms with van der Waals surface area (Å²) in [5.74, 6) is -1.47. The van der Waals surface area contributed by atoms with Crippen molar-refractivity contribution in [1.29, 1.82) is 0 Å². The predicted octanol–water partition coefficient (Wildman–Crippen LogP) is 3.02. The fourth-order valence-corrected chi connectivity index (χ4v) is 6.71. The summed E-state index contributed by atoms with van der Waals surface area (Å²) in [6, 6.07) is 3.33. The Morgan fingerprint density at radius 3 is 2.57 bits per heavy atom. The number of morpholine rings is 1. The van der Waals surface area contributed by atoms with Crippen molar-refractivity contribution >= 4 is 21.8 Å². The number of rotatable bonds is 2. The van der Waals surface area contributed by atoms with E-state index in [0.717, 1.165) is 6.07 Å². The summed E-state index contributed by atoms with van der Waals surface area (Å²) in [5, 5.41) is 4.69. The normalized spacial score (nSPS) is 21.2. The summed E-state index contributed by atoms with van der Waals surface area (Å²) in [5.41, 5.74) is 0.530. The highest BCUT2D eigenvalue weighted by Gasteiger charge is 2.40. The van der Waals surface area contributed by atoms with Crippen LogP contribution in [-0.2, 0) is 25.1 Å². The highest BCUT2D eigenvalue weighted by Crippen LogP contribution is 2.42. The first-order valence-corrected chi connectivity index (χ1v) is 14.1. The van der Waals surface area contributed by atoms with Gasteiger partial charge in [-0.05, 0) is 51.8 Å².